The Morgan fingerprint density at radius 2 is 2.10 bits per heavy atom. The van der Waals surface area contributed by atoms with Gasteiger partial charge in [0.25, 0.3) is 0 Å². The van der Waals surface area contributed by atoms with Crippen molar-refractivity contribution in [3.05, 3.63) is 57.8 Å². The summed E-state index contributed by atoms with van der Waals surface area (Å²) in [6.07, 6.45) is 0.377. The molecule has 6 nitrogen and oxygen atoms in total. The first-order valence-corrected chi connectivity index (χ1v) is 10.2. The summed E-state index contributed by atoms with van der Waals surface area (Å²) in [7, 11) is 1.73. The van der Waals surface area contributed by atoms with Crippen molar-refractivity contribution in [2.75, 3.05) is 18.5 Å². The zero-order valence-corrected chi connectivity index (χ0v) is 18.1. The number of hydrogen-bond acceptors (Lipinski definition) is 5. The van der Waals surface area contributed by atoms with Gasteiger partial charge in [0.15, 0.2) is 0 Å². The number of nitrogens with zero attached hydrogens (tertiary/aromatic N) is 3. The Kier molecular flexibility index (Phi) is 7.43. The number of carbonyl (C=O) groups is 1. The first kappa shape index (κ1) is 23.7. The van der Waals surface area contributed by atoms with Gasteiger partial charge in [-0.1, -0.05) is 23.2 Å². The minimum absolute atomic E-state index is 0.0407. The Bertz CT molecular complexity index is 931. The minimum Gasteiger partial charge on any atom is -0.310 e. The number of amides is 1. The van der Waals surface area contributed by atoms with Crippen LogP contribution in [0.1, 0.15) is 24.0 Å². The van der Waals surface area contributed by atoms with Gasteiger partial charge in [0.1, 0.15) is 0 Å². The number of pyridine rings is 1. The van der Waals surface area contributed by atoms with Crippen molar-refractivity contribution in [2.45, 2.75) is 31.5 Å². The first-order chi connectivity index (χ1) is 14.6. The normalized spacial score (nSPS) is 20.1. The Morgan fingerprint density at radius 3 is 2.68 bits per heavy atom. The van der Waals surface area contributed by atoms with Gasteiger partial charge in [0.2, 0.25) is 5.91 Å². The van der Waals surface area contributed by atoms with Crippen LogP contribution < -0.4 is 10.8 Å². The monoisotopic (exact) mass is 476 g/mol. The second-order valence-corrected chi connectivity index (χ2v) is 8.13. The fourth-order valence-electron chi connectivity index (χ4n) is 3.53. The summed E-state index contributed by atoms with van der Waals surface area (Å²) in [6.45, 7) is 0.684. The number of aryl methyl sites for hydroxylation is 1. The molecule has 0 radical (unpaired) electrons. The quantitative estimate of drug-likeness (QED) is 0.660. The molecule has 1 aliphatic carbocycles. The highest BCUT2D eigenvalue weighted by Gasteiger charge is 2.49. The van der Waals surface area contributed by atoms with Gasteiger partial charge >= 0.3 is 6.18 Å². The largest absolute Gasteiger partial charge is 0.417 e. The zero-order valence-electron chi connectivity index (χ0n) is 16.6. The van der Waals surface area contributed by atoms with E-state index in [0.717, 1.165) is 42.8 Å². The molecule has 31 heavy (non-hydrogen) atoms. The molecule has 1 amide bonds. The fourth-order valence-corrected chi connectivity index (χ4v) is 4.17. The van der Waals surface area contributed by atoms with E-state index < -0.39 is 11.7 Å². The van der Waals surface area contributed by atoms with E-state index >= 15 is 0 Å². The van der Waals surface area contributed by atoms with Crippen LogP contribution in [0.3, 0.4) is 0 Å². The zero-order chi connectivity index (χ0) is 22.8. The Labute approximate surface area is 187 Å². The number of fused-ring (bicyclic) bond motifs is 1. The third kappa shape index (κ3) is 5.67. The third-order valence-electron chi connectivity index (χ3n) is 5.17. The van der Waals surface area contributed by atoms with Gasteiger partial charge in [-0.2, -0.15) is 24.1 Å². The average Bonchev–Trinajstić information content (AvgIpc) is 3.53. The minimum atomic E-state index is -4.27. The maximum atomic E-state index is 12.7. The molecule has 1 aromatic heterocycles. The molecule has 168 valence electrons. The van der Waals surface area contributed by atoms with Crippen LogP contribution >= 0.6 is 23.2 Å². The lowest BCUT2D eigenvalue weighted by Gasteiger charge is -2.31. The molecule has 2 atom stereocenters. The predicted octanol–water partition coefficient (Wildman–Crippen LogP) is 4.50. The number of rotatable bonds is 3. The number of halogens is 5. The molecule has 1 aliphatic heterocycles. The van der Waals surface area contributed by atoms with Crippen molar-refractivity contribution < 1.29 is 22.9 Å². The third-order valence-corrected chi connectivity index (χ3v) is 5.67. The van der Waals surface area contributed by atoms with Crippen LogP contribution in [0.5, 0.6) is 0 Å². The highest BCUT2D eigenvalue weighted by molar-refractivity contribution is 6.37. The summed E-state index contributed by atoms with van der Waals surface area (Å²) in [5, 5.41) is 2.66. The molecular formula is C20H21Cl2F3N4O2. The molecule has 2 unspecified atom stereocenters. The van der Waals surface area contributed by atoms with E-state index in [1.807, 2.05) is 6.07 Å². The molecule has 0 spiro atoms. The Hall–Kier alpha value is -1.91. The molecule has 1 fully saturated rings. The predicted molar refractivity (Wildman–Crippen MR) is 111 cm³/mol. The van der Waals surface area contributed by atoms with E-state index in [2.05, 4.69) is 9.92 Å². The van der Waals surface area contributed by atoms with Crippen LogP contribution in [-0.2, 0) is 22.3 Å². The summed E-state index contributed by atoms with van der Waals surface area (Å²) in [4.78, 5) is 22.5. The maximum Gasteiger partial charge on any atom is 0.417 e. The summed E-state index contributed by atoms with van der Waals surface area (Å²) < 4.78 is 35.2. The summed E-state index contributed by atoms with van der Waals surface area (Å²) >= 11 is 12.3. The van der Waals surface area contributed by atoms with E-state index in [9.17, 15) is 18.0 Å². The van der Waals surface area contributed by atoms with Crippen molar-refractivity contribution >= 4 is 34.8 Å². The number of anilines is 1. The van der Waals surface area contributed by atoms with Crippen LogP contribution in [0.4, 0.5) is 18.9 Å². The van der Waals surface area contributed by atoms with E-state index in [1.54, 1.807) is 18.0 Å². The van der Waals surface area contributed by atoms with Gasteiger partial charge in [-0.15, -0.1) is 0 Å². The van der Waals surface area contributed by atoms with Gasteiger partial charge < -0.3 is 4.90 Å². The summed E-state index contributed by atoms with van der Waals surface area (Å²) in [5.41, 5.74) is 1.13. The lowest BCUT2D eigenvalue weighted by molar-refractivity contribution is -0.155. The van der Waals surface area contributed by atoms with Crippen LogP contribution in [0.15, 0.2) is 36.7 Å². The van der Waals surface area contributed by atoms with Gasteiger partial charge in [-0.25, -0.2) is 4.94 Å². The standard InChI is InChI=1S/C14H17Cl2N3O2.C6H4F3N/c1-18(21-17)12-7-10(12)14(20)19-4-2-3-8-5-9(15)6-11(16)13(8)19;7-6(8,9)5-2-1-3-10-4-5/h5-6,10,12H,2-4,7,17H2,1H3;1-4H. The van der Waals surface area contributed by atoms with E-state index in [4.69, 9.17) is 29.1 Å². The number of alkyl halides is 3. The molecule has 0 bridgehead atoms. The van der Waals surface area contributed by atoms with Gasteiger partial charge in [-0.05, 0) is 49.1 Å². The van der Waals surface area contributed by atoms with Crippen LogP contribution in [0.2, 0.25) is 10.0 Å². The smallest absolute Gasteiger partial charge is 0.310 e. The van der Waals surface area contributed by atoms with Crippen molar-refractivity contribution in [3.63, 3.8) is 0 Å². The van der Waals surface area contributed by atoms with Crippen molar-refractivity contribution in [1.82, 2.24) is 10.0 Å². The molecule has 4 rings (SSSR count). The molecule has 0 saturated heterocycles. The Morgan fingerprint density at radius 1 is 1.35 bits per heavy atom. The number of hydrogen-bond donors (Lipinski definition) is 1. The van der Waals surface area contributed by atoms with E-state index in [1.165, 1.54) is 17.3 Å². The summed E-state index contributed by atoms with van der Waals surface area (Å²) in [6, 6.07) is 5.85. The molecule has 2 heterocycles. The number of benzene rings is 1. The number of hydroxylamine groups is 2. The van der Waals surface area contributed by atoms with E-state index in [0.29, 0.717) is 16.6 Å². The van der Waals surface area contributed by atoms with E-state index in [-0.39, 0.29) is 17.9 Å². The summed E-state index contributed by atoms with van der Waals surface area (Å²) in [5.74, 6) is 5.13. The molecular weight excluding hydrogens is 456 g/mol. The second-order valence-electron chi connectivity index (χ2n) is 7.29. The molecule has 2 N–H and O–H groups in total. The highest BCUT2D eigenvalue weighted by atomic mass is 35.5. The molecule has 1 aromatic carbocycles. The van der Waals surface area contributed by atoms with Crippen molar-refractivity contribution in [1.29, 1.82) is 0 Å². The topological polar surface area (TPSA) is 71.7 Å². The van der Waals surface area contributed by atoms with Crippen LogP contribution in [-0.4, -0.2) is 35.6 Å². The SMILES string of the molecule is CN(ON)C1CC1C(=O)N1CCCc2cc(Cl)cc(Cl)c21.FC(F)(F)c1cccnc1. The molecule has 11 heteroatoms. The first-order valence-electron chi connectivity index (χ1n) is 9.49. The number of nitrogens with two attached hydrogens (primary N) is 1. The molecule has 2 aliphatic rings. The van der Waals surface area contributed by atoms with Crippen LogP contribution in [0.25, 0.3) is 0 Å². The second kappa shape index (κ2) is 9.70. The lowest BCUT2D eigenvalue weighted by Crippen LogP contribution is -2.39. The van der Waals surface area contributed by atoms with Gasteiger partial charge in [-0.3, -0.25) is 9.78 Å². The highest BCUT2D eigenvalue weighted by Crippen LogP contribution is 2.42. The maximum absolute atomic E-state index is 12.7. The Balaban J connectivity index is 0.000000229. The molecule has 1 saturated carbocycles. The lowest BCUT2D eigenvalue weighted by atomic mass is 10.0. The molecule has 2 aromatic rings. The van der Waals surface area contributed by atoms with Crippen molar-refractivity contribution in [2.24, 2.45) is 11.8 Å². The fraction of sp³-hybridized carbons (Fsp3) is 0.400. The van der Waals surface area contributed by atoms with Gasteiger partial charge in [0, 0.05) is 37.1 Å². The average molecular weight is 477 g/mol. The van der Waals surface area contributed by atoms with Crippen LogP contribution in [0, 0.1) is 5.92 Å². The number of aromatic nitrogens is 1. The van der Waals surface area contributed by atoms with Crippen molar-refractivity contribution in [3.8, 4) is 0 Å². The van der Waals surface area contributed by atoms with Gasteiger partial charge in [0.05, 0.1) is 22.2 Å². The number of carbonyl (C=O) groups excluding carboxylic acids is 1.